The van der Waals surface area contributed by atoms with Crippen molar-refractivity contribution in [3.8, 4) is 22.3 Å². The minimum absolute atomic E-state index is 1.27. The third-order valence-corrected chi connectivity index (χ3v) is 7.18. The molecule has 2 heteroatoms. The van der Waals surface area contributed by atoms with Crippen LogP contribution in [0, 0.1) is 13.8 Å². The van der Waals surface area contributed by atoms with Crippen LogP contribution in [0.2, 0.25) is 0 Å². The Balaban J connectivity index is 1.47. The Morgan fingerprint density at radius 3 is 1.21 bits per heavy atom. The molecule has 0 amide bonds. The molecule has 0 fully saturated rings. The summed E-state index contributed by atoms with van der Waals surface area (Å²) in [7, 11) is 3.64. The van der Waals surface area contributed by atoms with Gasteiger partial charge in [-0.2, -0.15) is 0 Å². The maximum atomic E-state index is 2.28. The van der Waals surface area contributed by atoms with E-state index in [4.69, 9.17) is 0 Å². The molecule has 0 aliphatic rings. The van der Waals surface area contributed by atoms with E-state index in [1.807, 2.05) is 21.6 Å². The fourth-order valence-corrected chi connectivity index (χ4v) is 5.44. The normalized spacial score (nSPS) is 10.8. The minimum atomic E-state index is 1.27. The van der Waals surface area contributed by atoms with Crippen molar-refractivity contribution < 1.29 is 0 Å². The fraction of sp³-hybridized carbons (Fsp3) is 0.0769. The summed E-state index contributed by atoms with van der Waals surface area (Å²) in [6, 6.07) is 34.6. The first kappa shape index (κ1) is 18.9. The highest BCUT2D eigenvalue weighted by Crippen LogP contribution is 2.40. The summed E-state index contributed by atoms with van der Waals surface area (Å²) >= 11 is 0. The van der Waals surface area contributed by atoms with Crippen molar-refractivity contribution in [2.45, 2.75) is 23.6 Å². The molecule has 28 heavy (non-hydrogen) atoms. The van der Waals surface area contributed by atoms with Gasteiger partial charge in [0, 0.05) is 9.79 Å². The van der Waals surface area contributed by atoms with E-state index >= 15 is 0 Å². The second-order valence-corrected chi connectivity index (χ2v) is 9.13. The first-order valence-electron chi connectivity index (χ1n) is 9.37. The van der Waals surface area contributed by atoms with Crippen LogP contribution in [0.5, 0.6) is 0 Å². The van der Waals surface area contributed by atoms with Crippen molar-refractivity contribution in [3.05, 3.63) is 108 Å². The third kappa shape index (κ3) is 4.35. The average Bonchev–Trinajstić information content (AvgIpc) is 2.74. The maximum absolute atomic E-state index is 2.28. The first-order valence-corrected chi connectivity index (χ1v) is 11.5. The molecule has 0 radical (unpaired) electrons. The summed E-state index contributed by atoms with van der Waals surface area (Å²) in [5, 5.41) is 0. The van der Waals surface area contributed by atoms with Crippen LogP contribution in [0.1, 0.15) is 11.1 Å². The molecule has 0 N–H and O–H groups in total. The van der Waals surface area contributed by atoms with E-state index in [-0.39, 0.29) is 0 Å². The molecule has 4 rings (SSSR count). The average molecular weight is 399 g/mol. The van der Waals surface area contributed by atoms with Gasteiger partial charge in [-0.05, 0) is 71.5 Å². The summed E-state index contributed by atoms with van der Waals surface area (Å²) < 4.78 is 0. The zero-order valence-corrected chi connectivity index (χ0v) is 17.7. The number of hydrogen-bond acceptors (Lipinski definition) is 2. The Morgan fingerprint density at radius 1 is 0.464 bits per heavy atom. The van der Waals surface area contributed by atoms with Crippen LogP contribution >= 0.6 is 21.6 Å². The van der Waals surface area contributed by atoms with Gasteiger partial charge in [0.25, 0.3) is 0 Å². The molecular formula is C26H22S2. The molecule has 0 nitrogen and oxygen atoms in total. The molecule has 4 aromatic rings. The molecular weight excluding hydrogens is 376 g/mol. The summed E-state index contributed by atoms with van der Waals surface area (Å²) in [5.74, 6) is 0. The van der Waals surface area contributed by atoms with Crippen molar-refractivity contribution in [2.24, 2.45) is 0 Å². The van der Waals surface area contributed by atoms with Crippen molar-refractivity contribution in [3.63, 3.8) is 0 Å². The largest absolute Gasteiger partial charge is 0.0622 e. The van der Waals surface area contributed by atoms with E-state index in [1.165, 1.54) is 43.2 Å². The first-order chi connectivity index (χ1) is 13.7. The van der Waals surface area contributed by atoms with Gasteiger partial charge < -0.3 is 0 Å². The van der Waals surface area contributed by atoms with E-state index in [0.717, 1.165) is 0 Å². The molecule has 0 aromatic heterocycles. The van der Waals surface area contributed by atoms with Crippen molar-refractivity contribution >= 4 is 21.6 Å². The molecule has 138 valence electrons. The standard InChI is InChI=1S/C26H22S2/c1-19-17-23(13-15-25(19)21-9-5-3-6-10-21)27-28-24-14-16-26(20(2)18-24)22-11-7-4-8-12-22/h3-18H,1-2H3. The van der Waals surface area contributed by atoms with Crippen LogP contribution in [0.4, 0.5) is 0 Å². The number of hydrogen-bond donors (Lipinski definition) is 0. The predicted molar refractivity (Wildman–Crippen MR) is 125 cm³/mol. The van der Waals surface area contributed by atoms with Gasteiger partial charge in [0.05, 0.1) is 0 Å². The maximum Gasteiger partial charge on any atom is 0.0189 e. The fourth-order valence-electron chi connectivity index (χ4n) is 3.36. The molecule has 0 saturated carbocycles. The highest BCUT2D eigenvalue weighted by Gasteiger charge is 2.06. The molecule has 0 aliphatic heterocycles. The Morgan fingerprint density at radius 2 is 0.857 bits per heavy atom. The van der Waals surface area contributed by atoms with E-state index in [9.17, 15) is 0 Å². The number of rotatable bonds is 5. The lowest BCUT2D eigenvalue weighted by Gasteiger charge is -2.10. The van der Waals surface area contributed by atoms with Gasteiger partial charge in [-0.15, -0.1) is 0 Å². The monoisotopic (exact) mass is 398 g/mol. The van der Waals surface area contributed by atoms with Gasteiger partial charge >= 0.3 is 0 Å². The van der Waals surface area contributed by atoms with Crippen molar-refractivity contribution in [1.29, 1.82) is 0 Å². The van der Waals surface area contributed by atoms with Crippen molar-refractivity contribution in [2.75, 3.05) is 0 Å². The molecule has 0 saturated heterocycles. The van der Waals surface area contributed by atoms with Gasteiger partial charge in [-0.25, -0.2) is 0 Å². The SMILES string of the molecule is Cc1cc(SSc2ccc(-c3ccccc3)c(C)c2)ccc1-c1ccccc1. The molecule has 0 unspecified atom stereocenters. The minimum Gasteiger partial charge on any atom is -0.0622 e. The topological polar surface area (TPSA) is 0 Å². The van der Waals surface area contributed by atoms with Crippen LogP contribution < -0.4 is 0 Å². The second kappa shape index (κ2) is 8.72. The molecule has 0 bridgehead atoms. The van der Waals surface area contributed by atoms with E-state index in [0.29, 0.717) is 0 Å². The zero-order chi connectivity index (χ0) is 19.3. The van der Waals surface area contributed by atoms with Gasteiger partial charge in [0.2, 0.25) is 0 Å². The van der Waals surface area contributed by atoms with Crippen LogP contribution in [-0.4, -0.2) is 0 Å². The molecule has 0 atom stereocenters. The number of benzene rings is 4. The van der Waals surface area contributed by atoms with Crippen LogP contribution in [0.15, 0.2) is 107 Å². The van der Waals surface area contributed by atoms with Crippen LogP contribution in [0.25, 0.3) is 22.3 Å². The highest BCUT2D eigenvalue weighted by atomic mass is 33.1. The summed E-state index contributed by atoms with van der Waals surface area (Å²) in [4.78, 5) is 2.57. The van der Waals surface area contributed by atoms with Crippen LogP contribution in [-0.2, 0) is 0 Å². The smallest absolute Gasteiger partial charge is 0.0189 e. The second-order valence-electron chi connectivity index (χ2n) is 6.85. The lowest BCUT2D eigenvalue weighted by molar-refractivity contribution is 1.36. The Kier molecular flexibility index (Phi) is 5.90. The molecule has 0 heterocycles. The number of aryl methyl sites for hydroxylation is 2. The Labute approximate surface area is 175 Å². The summed E-state index contributed by atoms with van der Waals surface area (Å²) in [6.45, 7) is 4.38. The Hall–Kier alpha value is -2.42. The highest BCUT2D eigenvalue weighted by molar-refractivity contribution is 8.76. The summed E-state index contributed by atoms with van der Waals surface area (Å²) in [5.41, 5.74) is 7.78. The van der Waals surface area contributed by atoms with Gasteiger partial charge in [-0.1, -0.05) is 94.4 Å². The van der Waals surface area contributed by atoms with Crippen LogP contribution in [0.3, 0.4) is 0 Å². The molecule has 0 spiro atoms. The van der Waals surface area contributed by atoms with Crippen molar-refractivity contribution in [1.82, 2.24) is 0 Å². The lowest BCUT2D eigenvalue weighted by Crippen LogP contribution is -1.84. The van der Waals surface area contributed by atoms with E-state index in [1.54, 1.807) is 0 Å². The van der Waals surface area contributed by atoms with E-state index in [2.05, 4.69) is 111 Å². The van der Waals surface area contributed by atoms with Gasteiger partial charge in [-0.3, -0.25) is 0 Å². The Bertz CT molecular complexity index is 981. The lowest BCUT2D eigenvalue weighted by atomic mass is 10.0. The zero-order valence-electron chi connectivity index (χ0n) is 16.1. The van der Waals surface area contributed by atoms with E-state index < -0.39 is 0 Å². The summed E-state index contributed by atoms with van der Waals surface area (Å²) in [6.07, 6.45) is 0. The molecule has 0 aliphatic carbocycles. The molecule has 4 aromatic carbocycles. The van der Waals surface area contributed by atoms with Gasteiger partial charge in [0.15, 0.2) is 0 Å². The van der Waals surface area contributed by atoms with Gasteiger partial charge in [0.1, 0.15) is 0 Å². The third-order valence-electron chi connectivity index (χ3n) is 4.80. The predicted octanol–water partition coefficient (Wildman–Crippen LogP) is 8.44. The quantitative estimate of drug-likeness (QED) is 0.309.